The van der Waals surface area contributed by atoms with Crippen LogP contribution in [0.2, 0.25) is 0 Å². The number of rotatable bonds is 8. The summed E-state index contributed by atoms with van der Waals surface area (Å²) in [5.74, 6) is -3.48. The second-order valence-corrected chi connectivity index (χ2v) is 7.59. The fourth-order valence-electron chi connectivity index (χ4n) is 2.68. The number of carbonyl (C=O) groups is 1. The molecule has 0 bridgehead atoms. The number of amides is 1. The molecule has 2 aromatic carbocycles. The van der Waals surface area contributed by atoms with Gasteiger partial charge in [0.1, 0.15) is 40.7 Å². The van der Waals surface area contributed by atoms with Crippen molar-refractivity contribution in [3.8, 4) is 17.6 Å². The van der Waals surface area contributed by atoms with E-state index < -0.39 is 35.5 Å². The van der Waals surface area contributed by atoms with Crippen molar-refractivity contribution in [2.24, 2.45) is 0 Å². The molecule has 0 atom stereocenters. The monoisotopic (exact) mass is 474 g/mol. The van der Waals surface area contributed by atoms with E-state index in [9.17, 15) is 23.2 Å². The summed E-state index contributed by atoms with van der Waals surface area (Å²) >= 11 is 1.21. The molecule has 170 valence electrons. The van der Waals surface area contributed by atoms with E-state index in [1.807, 2.05) is 13.0 Å². The summed E-state index contributed by atoms with van der Waals surface area (Å²) in [6, 6.07) is 7.41. The van der Waals surface area contributed by atoms with Crippen LogP contribution in [0.5, 0.6) is 11.5 Å². The van der Waals surface area contributed by atoms with Gasteiger partial charge >= 0.3 is 0 Å². The Hall–Kier alpha value is -3.91. The molecule has 0 spiro atoms. The maximum Gasteiger partial charge on any atom is 0.268 e. The Morgan fingerprint density at radius 2 is 1.91 bits per heavy atom. The van der Waals surface area contributed by atoms with E-state index in [1.165, 1.54) is 42.7 Å². The zero-order valence-corrected chi connectivity index (χ0v) is 18.3. The number of carbonyl (C=O) groups excluding carboxylic acids is 1. The van der Waals surface area contributed by atoms with E-state index in [-0.39, 0.29) is 22.2 Å². The van der Waals surface area contributed by atoms with E-state index in [4.69, 9.17) is 9.47 Å². The van der Waals surface area contributed by atoms with Crippen molar-refractivity contribution in [3.05, 3.63) is 69.5 Å². The maximum atomic E-state index is 13.8. The molecule has 0 fully saturated rings. The number of hydrogen-bond donors (Lipinski definition) is 1. The van der Waals surface area contributed by atoms with E-state index >= 15 is 0 Å². The minimum Gasteiger partial charge on any atom is -0.493 e. The minimum atomic E-state index is -1.07. The molecule has 11 heteroatoms. The van der Waals surface area contributed by atoms with Crippen LogP contribution >= 0.6 is 11.3 Å². The number of halogens is 3. The van der Waals surface area contributed by atoms with E-state index in [0.29, 0.717) is 24.1 Å². The summed E-state index contributed by atoms with van der Waals surface area (Å²) in [6.07, 6.45) is 2.01. The van der Waals surface area contributed by atoms with Gasteiger partial charge in [0, 0.05) is 12.1 Å². The molecule has 1 heterocycles. The molecule has 1 N–H and O–H groups in total. The third kappa shape index (κ3) is 5.87. The lowest BCUT2D eigenvalue weighted by Crippen LogP contribution is -2.13. The number of ether oxygens (including phenoxy) is 2. The van der Waals surface area contributed by atoms with E-state index in [0.717, 1.165) is 5.01 Å². The first kappa shape index (κ1) is 23.7. The molecule has 3 rings (SSSR count). The average molecular weight is 474 g/mol. The average Bonchev–Trinajstić information content (AvgIpc) is 3.24. The molecule has 0 aliphatic carbocycles. The number of aromatic nitrogens is 2. The van der Waals surface area contributed by atoms with E-state index in [2.05, 4.69) is 15.5 Å². The number of benzene rings is 2. The second-order valence-electron chi connectivity index (χ2n) is 6.53. The number of methoxy groups -OCH3 is 1. The quantitative estimate of drug-likeness (QED) is 0.377. The SMILES string of the molecule is CCc1nnc(NC(=O)/C(C#N)=C/c2ccc(OCc3c(F)cc(F)cc3F)c(OC)c2)s1. The number of aryl methyl sites for hydroxylation is 1. The first-order chi connectivity index (χ1) is 15.8. The van der Waals surface area contributed by atoms with Crippen molar-refractivity contribution < 1.29 is 27.4 Å². The molecule has 1 aromatic heterocycles. The molecule has 0 aliphatic rings. The first-order valence-corrected chi connectivity index (χ1v) is 10.4. The predicted octanol–water partition coefficient (Wildman–Crippen LogP) is 4.65. The van der Waals surface area contributed by atoms with Crippen LogP contribution in [0.25, 0.3) is 6.08 Å². The Kier molecular flexibility index (Phi) is 7.63. The molecule has 33 heavy (non-hydrogen) atoms. The molecule has 0 saturated carbocycles. The lowest BCUT2D eigenvalue weighted by Gasteiger charge is -2.12. The zero-order valence-electron chi connectivity index (χ0n) is 17.5. The molecule has 3 aromatic rings. The molecular formula is C22H17F3N4O3S. The van der Waals surface area contributed by atoms with Crippen LogP contribution in [-0.4, -0.2) is 23.2 Å². The lowest BCUT2D eigenvalue weighted by atomic mass is 10.1. The van der Waals surface area contributed by atoms with Crippen molar-refractivity contribution in [2.75, 3.05) is 12.4 Å². The molecule has 1 amide bonds. The van der Waals surface area contributed by atoms with Gasteiger partial charge in [-0.25, -0.2) is 13.2 Å². The minimum absolute atomic E-state index is 0.154. The van der Waals surface area contributed by atoms with Gasteiger partial charge in [-0.1, -0.05) is 24.3 Å². The number of anilines is 1. The Labute approximate surface area is 191 Å². The molecule has 0 saturated heterocycles. The fourth-order valence-corrected chi connectivity index (χ4v) is 3.35. The van der Waals surface area contributed by atoms with Gasteiger partial charge in [-0.05, 0) is 30.2 Å². The van der Waals surface area contributed by atoms with Crippen molar-refractivity contribution in [3.63, 3.8) is 0 Å². The van der Waals surface area contributed by atoms with Crippen LogP contribution in [0.3, 0.4) is 0 Å². The Morgan fingerprint density at radius 3 is 2.52 bits per heavy atom. The number of nitrogens with one attached hydrogen (secondary N) is 1. The zero-order chi connectivity index (χ0) is 24.0. The third-order valence-electron chi connectivity index (χ3n) is 4.33. The van der Waals surface area contributed by atoms with Gasteiger partial charge in [-0.2, -0.15) is 5.26 Å². The van der Waals surface area contributed by atoms with Gasteiger partial charge in [0.15, 0.2) is 11.5 Å². The maximum absolute atomic E-state index is 13.8. The standard InChI is InChI=1S/C22H17F3N4O3S/c1-3-20-28-29-22(33-20)27-21(30)13(10-26)6-12-4-5-18(19(7-12)31-2)32-11-15-16(24)8-14(23)9-17(15)25/h4-9H,3,11H2,1-2H3,(H,27,29,30)/b13-6+. The highest BCUT2D eigenvalue weighted by Crippen LogP contribution is 2.30. The van der Waals surface area contributed by atoms with Gasteiger partial charge in [0.2, 0.25) is 5.13 Å². The third-order valence-corrected chi connectivity index (χ3v) is 5.31. The van der Waals surface area contributed by atoms with Gasteiger partial charge in [-0.15, -0.1) is 10.2 Å². The van der Waals surface area contributed by atoms with Crippen LogP contribution in [0.15, 0.2) is 35.9 Å². The molecule has 0 aliphatic heterocycles. The van der Waals surface area contributed by atoms with Crippen LogP contribution < -0.4 is 14.8 Å². The first-order valence-electron chi connectivity index (χ1n) is 9.54. The Morgan fingerprint density at radius 1 is 1.18 bits per heavy atom. The van der Waals surface area contributed by atoms with Gasteiger partial charge in [0.25, 0.3) is 5.91 Å². The summed E-state index contributed by atoms with van der Waals surface area (Å²) < 4.78 is 51.4. The fraction of sp³-hybridized carbons (Fsp3) is 0.182. The summed E-state index contributed by atoms with van der Waals surface area (Å²) in [5, 5.41) is 20.7. The van der Waals surface area contributed by atoms with Crippen molar-refractivity contribution in [1.82, 2.24) is 10.2 Å². The second kappa shape index (κ2) is 10.6. The Balaban J connectivity index is 1.77. The van der Waals surface area contributed by atoms with Gasteiger partial charge in [-0.3, -0.25) is 10.1 Å². The van der Waals surface area contributed by atoms with Crippen LogP contribution in [0.4, 0.5) is 18.3 Å². The van der Waals surface area contributed by atoms with Crippen LogP contribution in [0.1, 0.15) is 23.1 Å². The summed E-state index contributed by atoms with van der Waals surface area (Å²) in [6.45, 7) is 1.40. The lowest BCUT2D eigenvalue weighted by molar-refractivity contribution is -0.112. The summed E-state index contributed by atoms with van der Waals surface area (Å²) in [5.41, 5.74) is -0.181. The van der Waals surface area contributed by atoms with Crippen molar-refractivity contribution in [2.45, 2.75) is 20.0 Å². The Bertz CT molecular complexity index is 1230. The van der Waals surface area contributed by atoms with E-state index in [1.54, 1.807) is 0 Å². The van der Waals surface area contributed by atoms with Gasteiger partial charge in [0.05, 0.1) is 12.7 Å². The largest absolute Gasteiger partial charge is 0.493 e. The highest BCUT2D eigenvalue weighted by Gasteiger charge is 2.15. The number of nitrogens with zero attached hydrogens (tertiary/aromatic N) is 3. The summed E-state index contributed by atoms with van der Waals surface area (Å²) in [4.78, 5) is 12.4. The molecular weight excluding hydrogens is 457 g/mol. The van der Waals surface area contributed by atoms with Crippen LogP contribution in [-0.2, 0) is 17.8 Å². The normalized spacial score (nSPS) is 11.1. The highest BCUT2D eigenvalue weighted by atomic mass is 32.1. The van der Waals surface area contributed by atoms with Gasteiger partial charge < -0.3 is 9.47 Å². The van der Waals surface area contributed by atoms with Crippen LogP contribution in [0, 0.1) is 28.8 Å². The van der Waals surface area contributed by atoms with Crippen molar-refractivity contribution >= 4 is 28.5 Å². The number of hydrogen-bond acceptors (Lipinski definition) is 7. The highest BCUT2D eigenvalue weighted by molar-refractivity contribution is 7.15. The molecule has 7 nitrogen and oxygen atoms in total. The number of nitriles is 1. The van der Waals surface area contributed by atoms with Crippen molar-refractivity contribution in [1.29, 1.82) is 5.26 Å². The predicted molar refractivity (Wildman–Crippen MR) is 115 cm³/mol. The summed E-state index contributed by atoms with van der Waals surface area (Å²) in [7, 11) is 1.35. The smallest absolute Gasteiger partial charge is 0.268 e. The topological polar surface area (TPSA) is 97.1 Å². The molecule has 0 radical (unpaired) electrons. The molecule has 0 unspecified atom stereocenters.